The number of hydrogen-bond donors (Lipinski definition) is 1. The number of nitriles is 1. The van der Waals surface area contributed by atoms with Gasteiger partial charge in [-0.25, -0.2) is 15.1 Å². The molecule has 33 heavy (non-hydrogen) atoms. The van der Waals surface area contributed by atoms with Gasteiger partial charge in [0.1, 0.15) is 11.6 Å². The summed E-state index contributed by atoms with van der Waals surface area (Å²) in [5, 5.41) is 14.6. The Hall–Kier alpha value is -3.53. The number of H-pyrrole nitrogens is 1. The highest BCUT2D eigenvalue weighted by Gasteiger charge is 2.37. The van der Waals surface area contributed by atoms with E-state index in [1.54, 1.807) is 9.80 Å². The van der Waals surface area contributed by atoms with E-state index in [2.05, 4.69) is 15.1 Å². The zero-order chi connectivity index (χ0) is 23.6. The average Bonchev–Trinajstić information content (AvgIpc) is 3.27. The van der Waals surface area contributed by atoms with Crippen LogP contribution < -0.4 is 10.5 Å². The predicted octanol–water partition coefficient (Wildman–Crippen LogP) is 0.936. The SMILES string of the molecule is N#Cc1cnc(N2CCN(C(=O)CN3CCCC3c3cc(C(F)(F)F)c(=O)[nH]n3)CC2)nc1. The Kier molecular flexibility index (Phi) is 6.28. The van der Waals surface area contributed by atoms with E-state index in [1.165, 1.54) is 12.4 Å². The molecule has 1 unspecified atom stereocenters. The maximum Gasteiger partial charge on any atom is 0.421 e. The first-order valence-electron chi connectivity index (χ1n) is 10.4. The van der Waals surface area contributed by atoms with Crippen molar-refractivity contribution in [3.8, 4) is 6.07 Å². The molecule has 0 aliphatic carbocycles. The first kappa shape index (κ1) is 22.7. The minimum atomic E-state index is -4.77. The third-order valence-corrected chi connectivity index (χ3v) is 5.85. The van der Waals surface area contributed by atoms with E-state index < -0.39 is 23.3 Å². The van der Waals surface area contributed by atoms with Crippen molar-refractivity contribution < 1.29 is 18.0 Å². The molecular weight excluding hydrogens is 441 g/mol. The summed E-state index contributed by atoms with van der Waals surface area (Å²) in [5.41, 5.74) is -2.09. The number of nitrogens with one attached hydrogen (secondary N) is 1. The number of rotatable bonds is 4. The molecule has 0 saturated carbocycles. The molecule has 0 spiro atoms. The number of nitrogens with zero attached hydrogens (tertiary/aromatic N) is 7. The monoisotopic (exact) mass is 462 g/mol. The van der Waals surface area contributed by atoms with Crippen LogP contribution in [0, 0.1) is 11.3 Å². The molecule has 0 bridgehead atoms. The van der Waals surface area contributed by atoms with Crippen LogP contribution >= 0.6 is 0 Å². The Bertz CT molecular complexity index is 1100. The van der Waals surface area contributed by atoms with Crippen molar-refractivity contribution in [1.29, 1.82) is 5.26 Å². The number of hydrogen-bond acceptors (Lipinski definition) is 8. The van der Waals surface area contributed by atoms with Gasteiger partial charge in [0.2, 0.25) is 11.9 Å². The molecule has 174 valence electrons. The molecule has 4 heterocycles. The lowest BCUT2D eigenvalue weighted by atomic mass is 10.1. The predicted molar refractivity (Wildman–Crippen MR) is 109 cm³/mol. The second-order valence-electron chi connectivity index (χ2n) is 7.91. The van der Waals surface area contributed by atoms with Crippen LogP contribution in [0.5, 0.6) is 0 Å². The van der Waals surface area contributed by atoms with Crippen LogP contribution in [0.1, 0.15) is 35.7 Å². The second-order valence-corrected chi connectivity index (χ2v) is 7.91. The van der Waals surface area contributed by atoms with E-state index >= 15 is 0 Å². The summed E-state index contributed by atoms with van der Waals surface area (Å²) >= 11 is 0. The molecular formula is C20H21F3N8O2. The number of alkyl halides is 3. The maximum absolute atomic E-state index is 13.1. The standard InChI is InChI=1S/C20H21F3N8O2/c21-20(22,23)14-8-15(27-28-18(14)33)16-2-1-3-31(16)12-17(32)29-4-6-30(7-5-29)19-25-10-13(9-24)11-26-19/h8,10-11,16H,1-7,12H2,(H,28,33). The summed E-state index contributed by atoms with van der Waals surface area (Å²) in [6.45, 7) is 2.57. The Morgan fingerprint density at radius 1 is 1.18 bits per heavy atom. The van der Waals surface area contributed by atoms with Gasteiger partial charge < -0.3 is 9.80 Å². The summed E-state index contributed by atoms with van der Waals surface area (Å²) in [5.74, 6) is 0.369. The summed E-state index contributed by atoms with van der Waals surface area (Å²) < 4.78 is 39.3. The van der Waals surface area contributed by atoms with Crippen molar-refractivity contribution in [2.24, 2.45) is 0 Å². The van der Waals surface area contributed by atoms with Crippen molar-refractivity contribution in [1.82, 2.24) is 30.0 Å². The van der Waals surface area contributed by atoms with Crippen LogP contribution in [0.25, 0.3) is 0 Å². The molecule has 10 nitrogen and oxygen atoms in total. The van der Waals surface area contributed by atoms with Gasteiger partial charge in [0.25, 0.3) is 5.56 Å². The minimum Gasteiger partial charge on any atom is -0.338 e. The van der Waals surface area contributed by atoms with Crippen LogP contribution in [-0.2, 0) is 11.0 Å². The van der Waals surface area contributed by atoms with Gasteiger partial charge in [0.15, 0.2) is 0 Å². The van der Waals surface area contributed by atoms with Gasteiger partial charge in [0, 0.05) is 26.2 Å². The Balaban J connectivity index is 1.37. The summed E-state index contributed by atoms with van der Waals surface area (Å²) in [6, 6.07) is 2.27. The van der Waals surface area contributed by atoms with Crippen LogP contribution in [0.2, 0.25) is 0 Å². The van der Waals surface area contributed by atoms with E-state index in [-0.39, 0.29) is 18.1 Å². The normalized spacial score (nSPS) is 19.5. The summed E-state index contributed by atoms with van der Waals surface area (Å²) in [4.78, 5) is 38.2. The highest BCUT2D eigenvalue weighted by atomic mass is 19.4. The molecule has 0 radical (unpaired) electrons. The molecule has 2 aliphatic rings. The number of likely N-dealkylation sites (tertiary alicyclic amines) is 1. The number of anilines is 1. The number of piperazine rings is 1. The number of aromatic amines is 1. The number of carbonyl (C=O) groups is 1. The Morgan fingerprint density at radius 2 is 1.88 bits per heavy atom. The van der Waals surface area contributed by atoms with Gasteiger partial charge in [-0.15, -0.1) is 0 Å². The van der Waals surface area contributed by atoms with Crippen molar-refractivity contribution >= 4 is 11.9 Å². The van der Waals surface area contributed by atoms with Crippen LogP contribution in [0.4, 0.5) is 19.1 Å². The lowest BCUT2D eigenvalue weighted by molar-refractivity contribution is -0.139. The quantitative estimate of drug-likeness (QED) is 0.712. The molecule has 2 aromatic rings. The first-order chi connectivity index (χ1) is 15.8. The van der Waals surface area contributed by atoms with Gasteiger partial charge in [-0.1, -0.05) is 0 Å². The fourth-order valence-electron chi connectivity index (χ4n) is 4.12. The maximum atomic E-state index is 13.1. The van der Waals surface area contributed by atoms with Gasteiger partial charge in [0.05, 0.1) is 36.2 Å². The molecule has 2 aliphatic heterocycles. The van der Waals surface area contributed by atoms with Crippen molar-refractivity contribution in [2.45, 2.75) is 25.1 Å². The third kappa shape index (κ3) is 4.95. The summed E-state index contributed by atoms with van der Waals surface area (Å²) in [6.07, 6.45) is -0.620. The fourth-order valence-corrected chi connectivity index (χ4v) is 4.12. The molecule has 1 atom stereocenters. The Morgan fingerprint density at radius 3 is 2.52 bits per heavy atom. The lowest BCUT2D eigenvalue weighted by Gasteiger charge is -2.36. The van der Waals surface area contributed by atoms with E-state index in [0.717, 1.165) is 6.07 Å². The topological polar surface area (TPSA) is 122 Å². The smallest absolute Gasteiger partial charge is 0.338 e. The Labute approximate surface area is 186 Å². The van der Waals surface area contributed by atoms with Gasteiger partial charge in [-0.3, -0.25) is 14.5 Å². The molecule has 2 fully saturated rings. The van der Waals surface area contributed by atoms with E-state index in [0.29, 0.717) is 57.1 Å². The van der Waals surface area contributed by atoms with Gasteiger partial charge in [-0.2, -0.15) is 23.5 Å². The first-order valence-corrected chi connectivity index (χ1v) is 10.4. The number of amides is 1. The van der Waals surface area contributed by atoms with Gasteiger partial charge in [-0.05, 0) is 25.5 Å². The van der Waals surface area contributed by atoms with Gasteiger partial charge >= 0.3 is 6.18 Å². The highest BCUT2D eigenvalue weighted by Crippen LogP contribution is 2.33. The van der Waals surface area contributed by atoms with Crippen molar-refractivity contribution in [2.75, 3.05) is 44.2 Å². The molecule has 0 aromatic carbocycles. The van der Waals surface area contributed by atoms with Crippen molar-refractivity contribution in [3.05, 3.63) is 45.6 Å². The zero-order valence-electron chi connectivity index (χ0n) is 17.5. The van der Waals surface area contributed by atoms with Crippen LogP contribution in [-0.4, -0.2) is 75.1 Å². The number of halogens is 3. The second kappa shape index (κ2) is 9.14. The fraction of sp³-hybridized carbons (Fsp3) is 0.500. The van der Waals surface area contributed by atoms with E-state index in [4.69, 9.17) is 5.26 Å². The molecule has 13 heteroatoms. The number of carbonyl (C=O) groups excluding carboxylic acids is 1. The zero-order valence-corrected chi connectivity index (χ0v) is 17.5. The third-order valence-electron chi connectivity index (χ3n) is 5.85. The van der Waals surface area contributed by atoms with Crippen LogP contribution in [0.3, 0.4) is 0 Å². The largest absolute Gasteiger partial charge is 0.421 e. The van der Waals surface area contributed by atoms with Crippen molar-refractivity contribution in [3.63, 3.8) is 0 Å². The summed E-state index contributed by atoms with van der Waals surface area (Å²) in [7, 11) is 0. The molecule has 1 amide bonds. The van der Waals surface area contributed by atoms with E-state index in [1.807, 2.05) is 16.1 Å². The number of aromatic nitrogens is 4. The average molecular weight is 462 g/mol. The molecule has 1 N–H and O–H groups in total. The van der Waals surface area contributed by atoms with E-state index in [9.17, 15) is 22.8 Å². The lowest BCUT2D eigenvalue weighted by Crippen LogP contribution is -2.51. The minimum absolute atomic E-state index is 0.0557. The highest BCUT2D eigenvalue weighted by molar-refractivity contribution is 5.78. The molecule has 2 saturated heterocycles. The molecule has 4 rings (SSSR count). The molecule has 2 aromatic heterocycles. The van der Waals surface area contributed by atoms with Crippen LogP contribution in [0.15, 0.2) is 23.3 Å².